The molecule has 0 fully saturated rings. The second-order valence-corrected chi connectivity index (χ2v) is 6.20. The first kappa shape index (κ1) is 18.0. The van der Waals surface area contributed by atoms with Crippen molar-refractivity contribution in [3.8, 4) is 11.5 Å². The molecule has 1 aromatic carbocycles. The molecule has 0 saturated carbocycles. The lowest BCUT2D eigenvalue weighted by Crippen LogP contribution is -2.17. The average molecular weight is 380 g/mol. The van der Waals surface area contributed by atoms with Crippen LogP contribution in [0.3, 0.4) is 0 Å². The lowest BCUT2D eigenvalue weighted by Gasteiger charge is -2.11. The summed E-state index contributed by atoms with van der Waals surface area (Å²) >= 11 is 5.76. The molecule has 0 spiro atoms. The van der Waals surface area contributed by atoms with Gasteiger partial charge in [0.25, 0.3) is 0 Å². The summed E-state index contributed by atoms with van der Waals surface area (Å²) in [7, 11) is 1.70. The molecule has 10 nitrogen and oxygen atoms in total. The predicted molar refractivity (Wildman–Crippen MR) is 96.4 cm³/mol. The Hall–Kier alpha value is -2.85. The number of fused-ring (bicyclic) bond motifs is 1. The number of benzene rings is 1. The number of hydrogen-bond acceptors (Lipinski definition) is 9. The minimum Gasteiger partial charge on any atom is -0.508 e. The highest BCUT2D eigenvalue weighted by molar-refractivity contribution is 6.32. The number of nitrogens with zero attached hydrogens (tertiary/aromatic N) is 5. The molecule has 1 unspecified atom stereocenters. The van der Waals surface area contributed by atoms with Crippen LogP contribution in [0.2, 0.25) is 5.02 Å². The summed E-state index contributed by atoms with van der Waals surface area (Å²) in [6, 6.07) is 2.63. The number of aliphatic hydroxyl groups is 1. The smallest absolute Gasteiger partial charge is 0.226 e. The second-order valence-electron chi connectivity index (χ2n) is 5.80. The van der Waals surface area contributed by atoms with Crippen LogP contribution in [0.25, 0.3) is 11.2 Å². The number of anilines is 2. The molecule has 0 saturated heterocycles. The van der Waals surface area contributed by atoms with Crippen molar-refractivity contribution in [3.05, 3.63) is 22.7 Å². The highest BCUT2D eigenvalue weighted by Gasteiger charge is 2.15. The van der Waals surface area contributed by atoms with E-state index in [1.54, 1.807) is 14.0 Å². The Bertz CT molecular complexity index is 945. The molecule has 2 aromatic heterocycles. The van der Waals surface area contributed by atoms with E-state index in [4.69, 9.17) is 11.6 Å². The van der Waals surface area contributed by atoms with Crippen molar-refractivity contribution in [1.29, 1.82) is 0 Å². The molecule has 0 bridgehead atoms. The third-order valence-electron chi connectivity index (χ3n) is 3.60. The zero-order valence-electron chi connectivity index (χ0n) is 14.1. The third kappa shape index (κ3) is 3.70. The van der Waals surface area contributed by atoms with Crippen LogP contribution in [0.4, 0.5) is 11.8 Å². The van der Waals surface area contributed by atoms with Gasteiger partial charge in [-0.1, -0.05) is 16.8 Å². The molecule has 0 aliphatic heterocycles. The first-order valence-electron chi connectivity index (χ1n) is 7.78. The van der Waals surface area contributed by atoms with E-state index in [9.17, 15) is 15.3 Å². The molecule has 0 aliphatic carbocycles. The summed E-state index contributed by atoms with van der Waals surface area (Å²) in [6.45, 7) is 2.09. The van der Waals surface area contributed by atoms with Crippen molar-refractivity contribution >= 4 is 34.5 Å². The van der Waals surface area contributed by atoms with Crippen molar-refractivity contribution in [3.63, 3.8) is 0 Å². The average Bonchev–Trinajstić information content (AvgIpc) is 2.96. The molecule has 0 radical (unpaired) electrons. The van der Waals surface area contributed by atoms with Crippen LogP contribution in [0.5, 0.6) is 11.5 Å². The number of hydrogen-bond donors (Lipinski definition) is 5. The fraction of sp³-hybridized carbons (Fsp3) is 0.333. The topological polar surface area (TPSA) is 141 Å². The molecule has 3 rings (SSSR count). The molecule has 3 aromatic rings. The molecule has 1 atom stereocenters. The molecule has 2 heterocycles. The first-order valence-corrected chi connectivity index (χ1v) is 8.16. The van der Waals surface area contributed by atoms with Gasteiger partial charge in [-0.15, -0.1) is 5.10 Å². The Morgan fingerprint density at radius 3 is 2.69 bits per heavy atom. The van der Waals surface area contributed by atoms with Crippen LogP contribution < -0.4 is 10.6 Å². The zero-order valence-corrected chi connectivity index (χ0v) is 14.9. The molecular formula is C15H18ClN7O3. The normalized spacial score (nSPS) is 12.3. The summed E-state index contributed by atoms with van der Waals surface area (Å²) in [6.07, 6.45) is -0.565. The number of halogens is 1. The number of phenols is 2. The van der Waals surface area contributed by atoms with E-state index in [1.165, 1.54) is 16.8 Å². The highest BCUT2D eigenvalue weighted by Crippen LogP contribution is 2.31. The summed E-state index contributed by atoms with van der Waals surface area (Å²) in [5, 5.41) is 43.1. The minimum atomic E-state index is -0.565. The van der Waals surface area contributed by atoms with E-state index in [0.717, 1.165) is 0 Å². The Balaban J connectivity index is 1.90. The molecule has 0 aliphatic rings. The SMILES string of the molecule is CC(O)CNc1nc(NCc2cc(O)c(Cl)cc2O)c2nnn(C)c2n1. The maximum absolute atomic E-state index is 9.97. The van der Waals surface area contributed by atoms with E-state index in [0.29, 0.717) is 28.5 Å². The van der Waals surface area contributed by atoms with Crippen molar-refractivity contribution in [2.45, 2.75) is 19.6 Å². The van der Waals surface area contributed by atoms with Crippen LogP contribution in [-0.4, -0.2) is 52.9 Å². The van der Waals surface area contributed by atoms with Gasteiger partial charge < -0.3 is 26.0 Å². The Morgan fingerprint density at radius 2 is 1.96 bits per heavy atom. The third-order valence-corrected chi connectivity index (χ3v) is 3.90. The number of aromatic nitrogens is 5. The van der Waals surface area contributed by atoms with Gasteiger partial charge in [-0.3, -0.25) is 0 Å². The van der Waals surface area contributed by atoms with Gasteiger partial charge in [-0.25, -0.2) is 4.68 Å². The molecular weight excluding hydrogens is 362 g/mol. The Kier molecular flexibility index (Phi) is 4.96. The summed E-state index contributed by atoms with van der Waals surface area (Å²) in [4.78, 5) is 8.66. The van der Waals surface area contributed by atoms with Crippen LogP contribution in [-0.2, 0) is 13.6 Å². The number of phenolic OH excluding ortho intramolecular Hbond substituents is 2. The van der Waals surface area contributed by atoms with Gasteiger partial charge in [0.2, 0.25) is 5.95 Å². The van der Waals surface area contributed by atoms with Gasteiger partial charge in [-0.2, -0.15) is 9.97 Å². The standard InChI is InChI=1S/C15H18ClN7O3/c1-7(24)5-18-15-19-13(12-14(20-15)23(2)22-21-12)17-6-8-3-11(26)9(16)4-10(8)25/h3-4,7,24-26H,5-6H2,1-2H3,(H2,17,18,19,20). The summed E-state index contributed by atoms with van der Waals surface area (Å²) < 4.78 is 1.50. The van der Waals surface area contributed by atoms with Crippen molar-refractivity contribution < 1.29 is 15.3 Å². The number of aryl methyl sites for hydroxylation is 1. The second kappa shape index (κ2) is 7.18. The number of nitrogens with one attached hydrogen (secondary N) is 2. The van der Waals surface area contributed by atoms with Gasteiger partial charge in [0.15, 0.2) is 17.0 Å². The summed E-state index contributed by atoms with van der Waals surface area (Å²) in [5.74, 6) is 0.504. The molecule has 0 amide bonds. The zero-order chi connectivity index (χ0) is 18.8. The summed E-state index contributed by atoms with van der Waals surface area (Å²) in [5.41, 5.74) is 1.38. The molecule has 138 valence electrons. The number of aliphatic hydroxyl groups excluding tert-OH is 1. The van der Waals surface area contributed by atoms with Crippen LogP contribution in [0, 0.1) is 0 Å². The number of aromatic hydroxyl groups is 2. The van der Waals surface area contributed by atoms with E-state index in [2.05, 4.69) is 30.9 Å². The van der Waals surface area contributed by atoms with Gasteiger partial charge in [0.05, 0.1) is 11.1 Å². The first-order chi connectivity index (χ1) is 12.3. The monoisotopic (exact) mass is 379 g/mol. The molecule has 11 heteroatoms. The van der Waals surface area contributed by atoms with E-state index >= 15 is 0 Å². The van der Waals surface area contributed by atoms with E-state index < -0.39 is 6.10 Å². The van der Waals surface area contributed by atoms with Crippen LogP contribution >= 0.6 is 11.6 Å². The Labute approximate surface area is 153 Å². The van der Waals surface area contributed by atoms with Gasteiger partial charge >= 0.3 is 0 Å². The quantitative estimate of drug-likeness (QED) is 0.399. The molecule has 5 N–H and O–H groups in total. The van der Waals surface area contributed by atoms with Crippen LogP contribution in [0.1, 0.15) is 12.5 Å². The fourth-order valence-electron chi connectivity index (χ4n) is 2.27. The van der Waals surface area contributed by atoms with Gasteiger partial charge in [0.1, 0.15) is 11.5 Å². The van der Waals surface area contributed by atoms with Crippen molar-refractivity contribution in [1.82, 2.24) is 25.0 Å². The van der Waals surface area contributed by atoms with Gasteiger partial charge in [0, 0.05) is 31.8 Å². The maximum Gasteiger partial charge on any atom is 0.226 e. The largest absolute Gasteiger partial charge is 0.508 e. The van der Waals surface area contributed by atoms with Crippen LogP contribution in [0.15, 0.2) is 12.1 Å². The fourth-order valence-corrected chi connectivity index (χ4v) is 2.43. The number of rotatable bonds is 6. The lowest BCUT2D eigenvalue weighted by atomic mass is 10.2. The van der Waals surface area contributed by atoms with Crippen molar-refractivity contribution in [2.24, 2.45) is 7.05 Å². The Morgan fingerprint density at radius 1 is 1.19 bits per heavy atom. The van der Waals surface area contributed by atoms with Gasteiger partial charge in [-0.05, 0) is 13.0 Å². The van der Waals surface area contributed by atoms with E-state index in [1.807, 2.05) is 0 Å². The predicted octanol–water partition coefficient (Wildman–Crippen LogP) is 1.23. The lowest BCUT2D eigenvalue weighted by molar-refractivity contribution is 0.208. The van der Waals surface area contributed by atoms with Crippen molar-refractivity contribution in [2.75, 3.05) is 17.2 Å². The maximum atomic E-state index is 9.97. The molecule has 26 heavy (non-hydrogen) atoms. The minimum absolute atomic E-state index is 0.0581. The van der Waals surface area contributed by atoms with E-state index in [-0.39, 0.29) is 29.6 Å². The highest BCUT2D eigenvalue weighted by atomic mass is 35.5.